The van der Waals surface area contributed by atoms with E-state index in [4.69, 9.17) is 10.5 Å². The van der Waals surface area contributed by atoms with Gasteiger partial charge < -0.3 is 15.4 Å². The highest BCUT2D eigenvalue weighted by molar-refractivity contribution is 5.85. The van der Waals surface area contributed by atoms with Crippen LogP contribution in [0, 0.1) is 0 Å². The minimum Gasteiger partial charge on any atom is -0.378 e. The Morgan fingerprint density at radius 1 is 1.60 bits per heavy atom. The monoisotopic (exact) mass is 236 g/mol. The molecule has 0 saturated carbocycles. The lowest BCUT2D eigenvalue weighted by molar-refractivity contribution is -0.131. The molecular formula is C10H21ClN2O2. The fourth-order valence-electron chi connectivity index (χ4n) is 1.55. The highest BCUT2D eigenvalue weighted by Crippen LogP contribution is 2.08. The van der Waals surface area contributed by atoms with E-state index in [1.165, 1.54) is 0 Å². The molecule has 2 N–H and O–H groups in total. The van der Waals surface area contributed by atoms with Gasteiger partial charge in [-0.1, -0.05) is 0 Å². The van der Waals surface area contributed by atoms with Crippen molar-refractivity contribution in [2.75, 3.05) is 19.7 Å². The predicted molar refractivity (Wildman–Crippen MR) is 62.1 cm³/mol. The predicted octanol–water partition coefficient (Wildman–Crippen LogP) is 0.783. The van der Waals surface area contributed by atoms with Gasteiger partial charge in [-0.2, -0.15) is 0 Å². The van der Waals surface area contributed by atoms with Crippen molar-refractivity contribution in [1.82, 2.24) is 4.90 Å². The first-order valence-corrected chi connectivity index (χ1v) is 5.24. The van der Waals surface area contributed by atoms with Crippen LogP contribution in [0.25, 0.3) is 0 Å². The second-order valence-corrected chi connectivity index (χ2v) is 4.06. The number of nitrogens with two attached hydrogens (primary N) is 1. The molecule has 5 heteroatoms. The third-order valence-corrected chi connectivity index (χ3v) is 2.34. The first-order valence-electron chi connectivity index (χ1n) is 5.24. The molecule has 0 radical (unpaired) electrons. The Kier molecular flexibility index (Phi) is 6.89. The van der Waals surface area contributed by atoms with E-state index >= 15 is 0 Å². The lowest BCUT2D eigenvalue weighted by Gasteiger charge is -2.16. The number of hydrogen-bond acceptors (Lipinski definition) is 3. The smallest absolute Gasteiger partial charge is 0.224 e. The van der Waals surface area contributed by atoms with Crippen molar-refractivity contribution in [1.29, 1.82) is 0 Å². The molecule has 4 nitrogen and oxygen atoms in total. The van der Waals surface area contributed by atoms with Gasteiger partial charge in [0.2, 0.25) is 5.91 Å². The molecule has 1 atom stereocenters. The summed E-state index contributed by atoms with van der Waals surface area (Å²) in [5, 5.41) is 0. The molecule has 1 aliphatic heterocycles. The quantitative estimate of drug-likeness (QED) is 0.785. The largest absolute Gasteiger partial charge is 0.378 e. The van der Waals surface area contributed by atoms with Gasteiger partial charge in [-0.05, 0) is 20.3 Å². The van der Waals surface area contributed by atoms with Gasteiger partial charge in [-0.15, -0.1) is 12.4 Å². The van der Waals surface area contributed by atoms with Crippen molar-refractivity contribution >= 4 is 18.3 Å². The summed E-state index contributed by atoms with van der Waals surface area (Å²) < 4.78 is 5.32. The van der Waals surface area contributed by atoms with Crippen molar-refractivity contribution in [3.05, 3.63) is 0 Å². The van der Waals surface area contributed by atoms with Crippen molar-refractivity contribution in [3.8, 4) is 0 Å². The molecular weight excluding hydrogens is 216 g/mol. The van der Waals surface area contributed by atoms with E-state index < -0.39 is 0 Å². The molecule has 1 saturated heterocycles. The van der Waals surface area contributed by atoms with Crippen LogP contribution in [0.4, 0.5) is 0 Å². The van der Waals surface area contributed by atoms with Gasteiger partial charge in [0, 0.05) is 19.1 Å². The lowest BCUT2D eigenvalue weighted by atomic mass is 10.3. The SMILES string of the molecule is CC(C)OCCC(=O)N1CC[C@H](N)C1.Cl. The summed E-state index contributed by atoms with van der Waals surface area (Å²) in [7, 11) is 0. The Hall–Kier alpha value is -0.320. The van der Waals surface area contributed by atoms with E-state index in [0.29, 0.717) is 19.6 Å². The number of nitrogens with zero attached hydrogens (tertiary/aromatic N) is 1. The summed E-state index contributed by atoms with van der Waals surface area (Å²) >= 11 is 0. The maximum atomic E-state index is 11.6. The van der Waals surface area contributed by atoms with Crippen LogP contribution < -0.4 is 5.73 Å². The number of hydrogen-bond donors (Lipinski definition) is 1. The van der Waals surface area contributed by atoms with Gasteiger partial charge >= 0.3 is 0 Å². The van der Waals surface area contributed by atoms with E-state index in [-0.39, 0.29) is 30.5 Å². The van der Waals surface area contributed by atoms with Gasteiger partial charge in [-0.3, -0.25) is 4.79 Å². The fourth-order valence-corrected chi connectivity index (χ4v) is 1.55. The number of carbonyl (C=O) groups is 1. The molecule has 0 unspecified atom stereocenters. The van der Waals surface area contributed by atoms with Gasteiger partial charge in [0.25, 0.3) is 0 Å². The normalized spacial score (nSPS) is 20.5. The second-order valence-electron chi connectivity index (χ2n) is 4.06. The summed E-state index contributed by atoms with van der Waals surface area (Å²) in [6, 6.07) is 0.171. The highest BCUT2D eigenvalue weighted by Gasteiger charge is 2.22. The number of amides is 1. The minimum absolute atomic E-state index is 0. The number of ether oxygens (including phenoxy) is 1. The van der Waals surface area contributed by atoms with Crippen LogP contribution in [0.2, 0.25) is 0 Å². The number of rotatable bonds is 4. The van der Waals surface area contributed by atoms with Gasteiger partial charge in [0.05, 0.1) is 19.1 Å². The maximum Gasteiger partial charge on any atom is 0.224 e. The van der Waals surface area contributed by atoms with E-state index in [1.54, 1.807) is 0 Å². The van der Waals surface area contributed by atoms with Crippen LogP contribution in [0.1, 0.15) is 26.7 Å². The van der Waals surface area contributed by atoms with Crippen LogP contribution in [0.5, 0.6) is 0 Å². The number of likely N-dealkylation sites (tertiary alicyclic amines) is 1. The molecule has 1 rings (SSSR count). The van der Waals surface area contributed by atoms with E-state index in [2.05, 4.69) is 0 Å². The van der Waals surface area contributed by atoms with E-state index in [1.807, 2.05) is 18.7 Å². The molecule has 1 aliphatic rings. The molecule has 0 aromatic carbocycles. The molecule has 0 bridgehead atoms. The Labute approximate surface area is 97.5 Å². The third kappa shape index (κ3) is 5.35. The summed E-state index contributed by atoms with van der Waals surface area (Å²) in [6.45, 7) is 5.97. The first-order chi connectivity index (χ1) is 6.59. The van der Waals surface area contributed by atoms with Crippen LogP contribution in [0.3, 0.4) is 0 Å². The van der Waals surface area contributed by atoms with Crippen molar-refractivity contribution in [2.24, 2.45) is 5.73 Å². The van der Waals surface area contributed by atoms with E-state index in [9.17, 15) is 4.79 Å². The summed E-state index contributed by atoms with van der Waals surface area (Å²) in [5.41, 5.74) is 5.71. The highest BCUT2D eigenvalue weighted by atomic mass is 35.5. The summed E-state index contributed by atoms with van der Waals surface area (Å²) in [6.07, 6.45) is 1.60. The summed E-state index contributed by atoms with van der Waals surface area (Å²) in [4.78, 5) is 13.4. The van der Waals surface area contributed by atoms with Gasteiger partial charge in [0.1, 0.15) is 0 Å². The van der Waals surface area contributed by atoms with Crippen LogP contribution >= 0.6 is 12.4 Å². The lowest BCUT2D eigenvalue weighted by Crippen LogP contribution is -2.32. The van der Waals surface area contributed by atoms with Crippen molar-refractivity contribution < 1.29 is 9.53 Å². The Bertz CT molecular complexity index is 200. The molecule has 1 amide bonds. The zero-order valence-electron chi connectivity index (χ0n) is 9.44. The van der Waals surface area contributed by atoms with Gasteiger partial charge in [-0.25, -0.2) is 0 Å². The fraction of sp³-hybridized carbons (Fsp3) is 0.900. The third-order valence-electron chi connectivity index (χ3n) is 2.34. The Balaban J connectivity index is 0.00000196. The van der Waals surface area contributed by atoms with Crippen LogP contribution in [-0.4, -0.2) is 42.6 Å². The standard InChI is InChI=1S/C10H20N2O2.ClH/c1-8(2)14-6-4-10(13)12-5-3-9(11)7-12;/h8-9H,3-7,11H2,1-2H3;1H/t9-;/m0./s1. The molecule has 90 valence electrons. The second kappa shape index (κ2) is 7.04. The number of halogens is 1. The first kappa shape index (κ1) is 14.7. The van der Waals surface area contributed by atoms with Crippen molar-refractivity contribution in [3.63, 3.8) is 0 Å². The average Bonchev–Trinajstić information content (AvgIpc) is 2.51. The molecule has 0 aromatic heterocycles. The summed E-state index contributed by atoms with van der Waals surface area (Å²) in [5.74, 6) is 0.165. The molecule has 0 spiro atoms. The molecule has 15 heavy (non-hydrogen) atoms. The topological polar surface area (TPSA) is 55.6 Å². The Morgan fingerprint density at radius 2 is 2.27 bits per heavy atom. The van der Waals surface area contributed by atoms with Crippen LogP contribution in [0.15, 0.2) is 0 Å². The average molecular weight is 237 g/mol. The molecule has 1 fully saturated rings. The minimum atomic E-state index is 0. The van der Waals surface area contributed by atoms with E-state index in [0.717, 1.165) is 13.0 Å². The number of carbonyl (C=O) groups excluding carboxylic acids is 1. The maximum absolute atomic E-state index is 11.6. The molecule has 0 aliphatic carbocycles. The zero-order chi connectivity index (χ0) is 10.6. The van der Waals surface area contributed by atoms with Crippen LogP contribution in [-0.2, 0) is 9.53 Å². The zero-order valence-corrected chi connectivity index (χ0v) is 10.3. The van der Waals surface area contributed by atoms with Crippen molar-refractivity contribution in [2.45, 2.75) is 38.8 Å². The molecule has 0 aromatic rings. The van der Waals surface area contributed by atoms with Gasteiger partial charge in [0.15, 0.2) is 0 Å². The molecule has 1 heterocycles. The Morgan fingerprint density at radius 3 is 2.73 bits per heavy atom.